The number of sulfonamides is 1. The fourth-order valence-electron chi connectivity index (χ4n) is 2.12. The van der Waals surface area contributed by atoms with Gasteiger partial charge in [-0.3, -0.25) is 0 Å². The van der Waals surface area contributed by atoms with Gasteiger partial charge in [-0.1, -0.05) is 6.07 Å². The van der Waals surface area contributed by atoms with Crippen LogP contribution in [0.1, 0.15) is 18.4 Å². The molecule has 1 aromatic rings. The first-order chi connectivity index (χ1) is 9.45. The molecule has 0 radical (unpaired) electrons. The van der Waals surface area contributed by atoms with Gasteiger partial charge in [-0.05, 0) is 32.0 Å². The van der Waals surface area contributed by atoms with E-state index in [4.69, 9.17) is 5.73 Å². The zero-order chi connectivity index (χ0) is 14.8. The Kier molecular flexibility index (Phi) is 4.74. The Labute approximate surface area is 119 Å². The maximum atomic E-state index is 13.6. The fraction of sp³-hybridized carbons (Fsp3) is 0.538. The van der Waals surface area contributed by atoms with Gasteiger partial charge in [-0.25, -0.2) is 17.5 Å². The van der Waals surface area contributed by atoms with E-state index >= 15 is 0 Å². The Morgan fingerprint density at radius 2 is 2.15 bits per heavy atom. The molecule has 7 heteroatoms. The Hall–Kier alpha value is -1.02. The summed E-state index contributed by atoms with van der Waals surface area (Å²) < 4.78 is 40.4. The van der Waals surface area contributed by atoms with Gasteiger partial charge in [-0.2, -0.15) is 0 Å². The van der Waals surface area contributed by atoms with E-state index in [1.54, 1.807) is 0 Å². The first-order valence-corrected chi connectivity index (χ1v) is 8.11. The molecule has 1 saturated carbocycles. The lowest BCUT2D eigenvalue weighted by molar-refractivity contribution is 0.329. The van der Waals surface area contributed by atoms with Gasteiger partial charge in [0.1, 0.15) is 5.82 Å². The van der Waals surface area contributed by atoms with Crippen molar-refractivity contribution >= 4 is 10.0 Å². The van der Waals surface area contributed by atoms with Crippen molar-refractivity contribution in [1.82, 2.24) is 9.62 Å². The molecule has 1 aliphatic rings. The maximum absolute atomic E-state index is 13.6. The summed E-state index contributed by atoms with van der Waals surface area (Å²) in [6.45, 7) is 0.790. The minimum Gasteiger partial charge on any atom is -0.326 e. The smallest absolute Gasteiger partial charge is 0.241 e. The lowest BCUT2D eigenvalue weighted by Crippen LogP contribution is -2.34. The van der Waals surface area contributed by atoms with Crippen LogP contribution < -0.4 is 10.5 Å². The second-order valence-electron chi connectivity index (χ2n) is 5.03. The van der Waals surface area contributed by atoms with Crippen LogP contribution in [0.15, 0.2) is 23.1 Å². The van der Waals surface area contributed by atoms with E-state index in [0.717, 1.165) is 0 Å². The Morgan fingerprint density at radius 3 is 2.75 bits per heavy atom. The van der Waals surface area contributed by atoms with Crippen molar-refractivity contribution in [2.24, 2.45) is 5.73 Å². The van der Waals surface area contributed by atoms with Crippen molar-refractivity contribution in [3.63, 3.8) is 0 Å². The molecule has 1 fully saturated rings. The third-order valence-electron chi connectivity index (χ3n) is 3.50. The summed E-state index contributed by atoms with van der Waals surface area (Å²) in [5.74, 6) is -0.592. The molecule has 112 valence electrons. The van der Waals surface area contributed by atoms with Crippen LogP contribution in [0.4, 0.5) is 4.39 Å². The van der Waals surface area contributed by atoms with E-state index in [2.05, 4.69) is 9.62 Å². The van der Waals surface area contributed by atoms with Gasteiger partial charge in [0.05, 0.1) is 4.90 Å². The summed E-state index contributed by atoms with van der Waals surface area (Å²) in [7, 11) is -1.75. The van der Waals surface area contributed by atoms with Crippen LogP contribution >= 0.6 is 0 Å². The molecular formula is C13H20FN3O2S. The molecule has 5 nitrogen and oxygen atoms in total. The first kappa shape index (κ1) is 15.4. The second-order valence-corrected chi connectivity index (χ2v) is 6.77. The van der Waals surface area contributed by atoms with Gasteiger partial charge in [0.25, 0.3) is 0 Å². The number of hydrogen-bond acceptors (Lipinski definition) is 4. The van der Waals surface area contributed by atoms with Crippen molar-refractivity contribution in [1.29, 1.82) is 0 Å². The van der Waals surface area contributed by atoms with Gasteiger partial charge in [0, 0.05) is 31.2 Å². The van der Waals surface area contributed by atoms with Gasteiger partial charge in [0.2, 0.25) is 10.0 Å². The zero-order valence-corrected chi connectivity index (χ0v) is 12.3. The average molecular weight is 301 g/mol. The van der Waals surface area contributed by atoms with E-state index in [1.165, 1.54) is 31.0 Å². The molecule has 0 amide bonds. The van der Waals surface area contributed by atoms with Gasteiger partial charge in [-0.15, -0.1) is 0 Å². The molecular weight excluding hydrogens is 281 g/mol. The highest BCUT2D eigenvalue weighted by atomic mass is 32.2. The third kappa shape index (κ3) is 3.54. The van der Waals surface area contributed by atoms with Crippen molar-refractivity contribution in [3.8, 4) is 0 Å². The predicted octanol–water partition coefficient (Wildman–Crippen LogP) is 0.657. The third-order valence-corrected chi connectivity index (χ3v) is 5.04. The highest BCUT2D eigenvalue weighted by Crippen LogP contribution is 2.24. The summed E-state index contributed by atoms with van der Waals surface area (Å²) in [6.07, 6.45) is 2.34. The molecule has 1 aliphatic carbocycles. The van der Waals surface area contributed by atoms with Crippen LogP contribution in [0.3, 0.4) is 0 Å². The number of benzene rings is 1. The van der Waals surface area contributed by atoms with Crippen molar-refractivity contribution in [2.75, 3.05) is 20.1 Å². The number of rotatable bonds is 7. The SMILES string of the molecule is CN(CCNS(=O)(=O)c1cccc(F)c1CN)C1CC1. The summed E-state index contributed by atoms with van der Waals surface area (Å²) >= 11 is 0. The highest BCUT2D eigenvalue weighted by molar-refractivity contribution is 7.89. The predicted molar refractivity (Wildman–Crippen MR) is 75.1 cm³/mol. The van der Waals surface area contributed by atoms with E-state index in [9.17, 15) is 12.8 Å². The standard InChI is InChI=1S/C13H20FN3O2S/c1-17(10-5-6-10)8-7-16-20(18,19)13-4-2-3-12(14)11(13)9-15/h2-4,10,16H,5-9,15H2,1H3. The molecule has 0 saturated heterocycles. The number of nitrogens with two attached hydrogens (primary N) is 1. The van der Waals surface area contributed by atoms with E-state index in [0.29, 0.717) is 19.1 Å². The van der Waals surface area contributed by atoms with Crippen LogP contribution in [0, 0.1) is 5.82 Å². The van der Waals surface area contributed by atoms with E-state index in [-0.39, 0.29) is 17.0 Å². The van der Waals surface area contributed by atoms with Crippen molar-refractivity contribution in [3.05, 3.63) is 29.6 Å². The molecule has 0 aromatic heterocycles. The van der Waals surface area contributed by atoms with Crippen molar-refractivity contribution in [2.45, 2.75) is 30.3 Å². The number of nitrogens with zero attached hydrogens (tertiary/aromatic N) is 1. The molecule has 0 spiro atoms. The van der Waals surface area contributed by atoms with E-state index < -0.39 is 15.8 Å². The molecule has 0 aliphatic heterocycles. The second kappa shape index (κ2) is 6.17. The van der Waals surface area contributed by atoms with Gasteiger partial charge < -0.3 is 10.6 Å². The maximum Gasteiger partial charge on any atom is 0.241 e. The number of likely N-dealkylation sites (N-methyl/N-ethyl adjacent to an activating group) is 1. The lowest BCUT2D eigenvalue weighted by atomic mass is 10.2. The van der Waals surface area contributed by atoms with Crippen LogP contribution in [0.25, 0.3) is 0 Å². The highest BCUT2D eigenvalue weighted by Gasteiger charge is 2.26. The van der Waals surface area contributed by atoms with Gasteiger partial charge >= 0.3 is 0 Å². The topological polar surface area (TPSA) is 75.4 Å². The number of nitrogens with one attached hydrogen (secondary N) is 1. The molecule has 0 unspecified atom stereocenters. The normalized spacial score (nSPS) is 15.8. The quantitative estimate of drug-likeness (QED) is 0.775. The average Bonchev–Trinajstić information content (AvgIpc) is 3.22. The summed E-state index contributed by atoms with van der Waals surface area (Å²) in [5.41, 5.74) is 5.46. The molecule has 0 bridgehead atoms. The Balaban J connectivity index is 2.04. The van der Waals surface area contributed by atoms with Crippen LogP contribution in [-0.2, 0) is 16.6 Å². The Morgan fingerprint density at radius 1 is 1.45 bits per heavy atom. The summed E-state index contributed by atoms with van der Waals surface area (Å²) in [4.78, 5) is 2.05. The monoisotopic (exact) mass is 301 g/mol. The van der Waals surface area contributed by atoms with Crippen LogP contribution in [0.2, 0.25) is 0 Å². The van der Waals surface area contributed by atoms with E-state index in [1.807, 2.05) is 7.05 Å². The number of hydrogen-bond donors (Lipinski definition) is 2. The molecule has 3 N–H and O–H groups in total. The lowest BCUT2D eigenvalue weighted by Gasteiger charge is -2.16. The molecule has 1 aromatic carbocycles. The largest absolute Gasteiger partial charge is 0.326 e. The molecule has 0 heterocycles. The summed E-state index contributed by atoms with van der Waals surface area (Å²) in [6, 6.07) is 4.54. The minimum absolute atomic E-state index is 0.0237. The molecule has 0 atom stereocenters. The summed E-state index contributed by atoms with van der Waals surface area (Å²) in [5, 5.41) is 0. The molecule has 20 heavy (non-hydrogen) atoms. The minimum atomic E-state index is -3.72. The van der Waals surface area contributed by atoms with Crippen LogP contribution in [-0.4, -0.2) is 39.5 Å². The van der Waals surface area contributed by atoms with Gasteiger partial charge in [0.15, 0.2) is 0 Å². The first-order valence-electron chi connectivity index (χ1n) is 6.63. The van der Waals surface area contributed by atoms with Crippen molar-refractivity contribution < 1.29 is 12.8 Å². The fourth-order valence-corrected chi connectivity index (χ4v) is 3.40. The Bertz CT molecular complexity index is 573. The zero-order valence-electron chi connectivity index (χ0n) is 11.5. The molecule has 2 rings (SSSR count). The van der Waals surface area contributed by atoms with Crippen LogP contribution in [0.5, 0.6) is 0 Å². The number of halogens is 1.